The van der Waals surface area contributed by atoms with E-state index in [1.165, 1.54) is 12.4 Å². The van der Waals surface area contributed by atoms with Gasteiger partial charge in [0.25, 0.3) is 0 Å². The predicted molar refractivity (Wildman–Crippen MR) is 72.5 cm³/mol. The van der Waals surface area contributed by atoms with Gasteiger partial charge >= 0.3 is 0 Å². The van der Waals surface area contributed by atoms with E-state index in [-0.39, 0.29) is 12.4 Å². The smallest absolute Gasteiger partial charge is 0.173 e. The van der Waals surface area contributed by atoms with Crippen LogP contribution in [0.25, 0.3) is 0 Å². The Hall–Kier alpha value is -2.27. The first-order chi connectivity index (χ1) is 9.22. The second-order valence-corrected chi connectivity index (χ2v) is 4.14. The first-order valence-electron chi connectivity index (χ1n) is 5.50. The summed E-state index contributed by atoms with van der Waals surface area (Å²) in [6.07, 6.45) is 3.04. The molecule has 0 unspecified atom stereocenters. The normalized spacial score (nSPS) is 11.3. The number of pyridine rings is 1. The first kappa shape index (κ1) is 13.2. The molecule has 2 aromatic rings. The lowest BCUT2D eigenvalue weighted by atomic mass is 10.2. The maximum absolute atomic E-state index is 8.71. The maximum atomic E-state index is 8.71. The van der Waals surface area contributed by atoms with Crippen LogP contribution in [-0.2, 0) is 6.61 Å². The van der Waals surface area contributed by atoms with E-state index in [1.54, 1.807) is 12.1 Å². The van der Waals surface area contributed by atoms with Gasteiger partial charge in [-0.3, -0.25) is 4.98 Å². The van der Waals surface area contributed by atoms with Gasteiger partial charge in [0.05, 0.1) is 11.8 Å². The van der Waals surface area contributed by atoms with E-state index >= 15 is 0 Å². The molecular weight excluding hydrogens is 266 g/mol. The van der Waals surface area contributed by atoms with E-state index in [0.29, 0.717) is 16.3 Å². The summed E-state index contributed by atoms with van der Waals surface area (Å²) < 4.78 is 5.61. The number of aromatic nitrogens is 1. The monoisotopic (exact) mass is 277 g/mol. The van der Waals surface area contributed by atoms with Crippen molar-refractivity contribution in [1.82, 2.24) is 4.98 Å². The van der Waals surface area contributed by atoms with Crippen molar-refractivity contribution in [2.24, 2.45) is 10.9 Å². The Morgan fingerprint density at radius 3 is 2.89 bits per heavy atom. The molecule has 1 aromatic carbocycles. The highest BCUT2D eigenvalue weighted by Gasteiger charge is 2.09. The first-order valence-corrected chi connectivity index (χ1v) is 5.88. The Bertz CT molecular complexity index is 602. The van der Waals surface area contributed by atoms with E-state index in [2.05, 4.69) is 10.1 Å². The topological polar surface area (TPSA) is 80.7 Å². The Morgan fingerprint density at radius 1 is 1.37 bits per heavy atom. The number of hydrogen-bond donors (Lipinski definition) is 2. The fraction of sp³-hybridized carbons (Fsp3) is 0.0769. The zero-order valence-electron chi connectivity index (χ0n) is 9.95. The number of ether oxygens (including phenoxy) is 1. The predicted octanol–water partition coefficient (Wildman–Crippen LogP) is 2.41. The van der Waals surface area contributed by atoms with Crippen LogP contribution in [0.4, 0.5) is 0 Å². The summed E-state index contributed by atoms with van der Waals surface area (Å²) in [6, 6.07) is 8.98. The summed E-state index contributed by atoms with van der Waals surface area (Å²) in [5.41, 5.74) is 6.88. The van der Waals surface area contributed by atoms with Gasteiger partial charge in [0, 0.05) is 16.8 Å². The summed E-state index contributed by atoms with van der Waals surface area (Å²) >= 11 is 6.04. The SMILES string of the molecule is N/C(=N/O)c1ccncc1OCc1ccccc1Cl. The minimum absolute atomic E-state index is 0.0310. The molecule has 0 aliphatic heterocycles. The second kappa shape index (κ2) is 6.06. The fourth-order valence-electron chi connectivity index (χ4n) is 1.53. The molecule has 0 spiro atoms. The lowest BCUT2D eigenvalue weighted by Gasteiger charge is -2.10. The fourth-order valence-corrected chi connectivity index (χ4v) is 1.72. The molecule has 19 heavy (non-hydrogen) atoms. The zero-order valence-corrected chi connectivity index (χ0v) is 10.7. The molecule has 0 bridgehead atoms. The Labute approximate surface area is 115 Å². The van der Waals surface area contributed by atoms with Gasteiger partial charge in [0.2, 0.25) is 0 Å². The number of rotatable bonds is 4. The highest BCUT2D eigenvalue weighted by Crippen LogP contribution is 2.20. The van der Waals surface area contributed by atoms with Crippen molar-refractivity contribution in [2.75, 3.05) is 0 Å². The third-order valence-electron chi connectivity index (χ3n) is 2.51. The van der Waals surface area contributed by atoms with Crippen LogP contribution < -0.4 is 10.5 Å². The van der Waals surface area contributed by atoms with Crippen molar-refractivity contribution >= 4 is 17.4 Å². The Morgan fingerprint density at radius 2 is 2.16 bits per heavy atom. The highest BCUT2D eigenvalue weighted by atomic mass is 35.5. The standard InChI is InChI=1S/C13H12ClN3O2/c14-11-4-2-1-3-9(11)8-19-12-7-16-6-5-10(12)13(15)17-18/h1-7,18H,8H2,(H2,15,17). The van der Waals surface area contributed by atoms with Crippen molar-refractivity contribution in [2.45, 2.75) is 6.61 Å². The summed E-state index contributed by atoms with van der Waals surface area (Å²) in [5.74, 6) is 0.397. The molecule has 0 amide bonds. The molecule has 3 N–H and O–H groups in total. The molecule has 6 heteroatoms. The minimum atomic E-state index is -0.0310. The van der Waals surface area contributed by atoms with Gasteiger partial charge in [-0.25, -0.2) is 0 Å². The molecule has 2 rings (SSSR count). The summed E-state index contributed by atoms with van der Waals surface area (Å²) in [7, 11) is 0. The molecule has 0 fully saturated rings. The van der Waals surface area contributed by atoms with Crippen LogP contribution in [0, 0.1) is 0 Å². The van der Waals surface area contributed by atoms with Crippen LogP contribution >= 0.6 is 11.6 Å². The average molecular weight is 278 g/mol. The molecule has 0 atom stereocenters. The molecule has 0 aliphatic carbocycles. The third-order valence-corrected chi connectivity index (χ3v) is 2.88. The number of nitrogens with zero attached hydrogens (tertiary/aromatic N) is 2. The summed E-state index contributed by atoms with van der Waals surface area (Å²) in [6.45, 7) is 0.275. The molecule has 0 saturated heterocycles. The van der Waals surface area contributed by atoms with Gasteiger partial charge in [-0.05, 0) is 12.1 Å². The molecule has 0 aliphatic rings. The van der Waals surface area contributed by atoms with E-state index in [1.807, 2.05) is 18.2 Å². The largest absolute Gasteiger partial charge is 0.486 e. The third kappa shape index (κ3) is 3.14. The quantitative estimate of drug-likeness (QED) is 0.389. The van der Waals surface area contributed by atoms with Crippen LogP contribution in [0.2, 0.25) is 5.02 Å². The van der Waals surface area contributed by atoms with Gasteiger partial charge in [-0.2, -0.15) is 0 Å². The molecule has 1 aromatic heterocycles. The van der Waals surface area contributed by atoms with E-state index in [0.717, 1.165) is 5.56 Å². The van der Waals surface area contributed by atoms with Crippen LogP contribution in [0.5, 0.6) is 5.75 Å². The summed E-state index contributed by atoms with van der Waals surface area (Å²) in [4.78, 5) is 3.95. The molecule has 1 heterocycles. The Kier molecular flexibility index (Phi) is 4.20. The lowest BCUT2D eigenvalue weighted by molar-refractivity contribution is 0.302. The number of nitrogens with two attached hydrogens (primary N) is 1. The number of halogens is 1. The average Bonchev–Trinajstić information content (AvgIpc) is 2.46. The van der Waals surface area contributed by atoms with Gasteiger partial charge in [-0.1, -0.05) is 35.0 Å². The number of benzene rings is 1. The van der Waals surface area contributed by atoms with Crippen LogP contribution in [-0.4, -0.2) is 16.0 Å². The van der Waals surface area contributed by atoms with Crippen LogP contribution in [0.15, 0.2) is 47.9 Å². The van der Waals surface area contributed by atoms with Gasteiger partial charge < -0.3 is 15.7 Å². The molecular formula is C13H12ClN3O2. The number of hydrogen-bond acceptors (Lipinski definition) is 4. The lowest BCUT2D eigenvalue weighted by Crippen LogP contribution is -2.15. The second-order valence-electron chi connectivity index (χ2n) is 3.74. The zero-order chi connectivity index (χ0) is 13.7. The van der Waals surface area contributed by atoms with Crippen molar-refractivity contribution in [3.05, 3.63) is 58.9 Å². The van der Waals surface area contributed by atoms with Crippen molar-refractivity contribution in [3.8, 4) is 5.75 Å². The van der Waals surface area contributed by atoms with Crippen LogP contribution in [0.3, 0.4) is 0 Å². The number of oxime groups is 1. The minimum Gasteiger partial charge on any atom is -0.486 e. The maximum Gasteiger partial charge on any atom is 0.173 e. The molecule has 0 saturated carbocycles. The van der Waals surface area contributed by atoms with Gasteiger partial charge in [-0.15, -0.1) is 0 Å². The van der Waals surface area contributed by atoms with Crippen molar-refractivity contribution < 1.29 is 9.94 Å². The molecule has 5 nitrogen and oxygen atoms in total. The number of amidine groups is 1. The van der Waals surface area contributed by atoms with Crippen molar-refractivity contribution in [3.63, 3.8) is 0 Å². The van der Waals surface area contributed by atoms with E-state index < -0.39 is 0 Å². The Balaban J connectivity index is 2.19. The molecule has 0 radical (unpaired) electrons. The van der Waals surface area contributed by atoms with Gasteiger partial charge in [0.1, 0.15) is 12.4 Å². The van der Waals surface area contributed by atoms with E-state index in [9.17, 15) is 0 Å². The van der Waals surface area contributed by atoms with Crippen molar-refractivity contribution in [1.29, 1.82) is 0 Å². The van der Waals surface area contributed by atoms with Crippen LogP contribution in [0.1, 0.15) is 11.1 Å². The van der Waals surface area contributed by atoms with Gasteiger partial charge in [0.15, 0.2) is 5.84 Å². The van der Waals surface area contributed by atoms with E-state index in [4.69, 9.17) is 27.3 Å². The highest BCUT2D eigenvalue weighted by molar-refractivity contribution is 6.31. The summed E-state index contributed by atoms with van der Waals surface area (Å²) in [5, 5.41) is 12.3. The molecule has 98 valence electrons.